The molecule has 4 nitrogen and oxygen atoms in total. The first-order valence-corrected chi connectivity index (χ1v) is 6.56. The predicted octanol–water partition coefficient (Wildman–Crippen LogP) is 4.32. The summed E-state index contributed by atoms with van der Waals surface area (Å²) in [6, 6.07) is 5.21. The molecule has 2 aromatic rings. The van der Waals surface area contributed by atoms with Crippen molar-refractivity contribution in [2.24, 2.45) is 0 Å². The number of hydrogen-bond donors (Lipinski definition) is 1. The maximum atomic E-state index is 6.08. The van der Waals surface area contributed by atoms with Crippen molar-refractivity contribution < 1.29 is 4.74 Å². The molecule has 0 amide bonds. The summed E-state index contributed by atoms with van der Waals surface area (Å²) in [6.45, 7) is 4.65. The third kappa shape index (κ3) is 3.08. The first-order chi connectivity index (χ1) is 9.13. The summed E-state index contributed by atoms with van der Waals surface area (Å²) in [5.74, 6) is 1.67. The number of ether oxygens (including phenoxy) is 1. The second-order valence-corrected chi connectivity index (χ2v) is 4.62. The van der Waals surface area contributed by atoms with Gasteiger partial charge in [0.25, 0.3) is 0 Å². The lowest BCUT2D eigenvalue weighted by Crippen LogP contribution is -2.03. The molecule has 0 radical (unpaired) electrons. The number of nitrogens with one attached hydrogen (secondary N) is 1. The molecule has 6 heteroatoms. The van der Waals surface area contributed by atoms with Gasteiger partial charge in [-0.15, -0.1) is 0 Å². The van der Waals surface area contributed by atoms with Crippen LogP contribution in [0.1, 0.15) is 12.5 Å². The van der Waals surface area contributed by atoms with Crippen LogP contribution in [0.3, 0.4) is 0 Å². The highest BCUT2D eigenvalue weighted by Crippen LogP contribution is 2.35. The third-order valence-electron chi connectivity index (χ3n) is 2.50. The van der Waals surface area contributed by atoms with Crippen molar-refractivity contribution in [3.05, 3.63) is 40.1 Å². The zero-order valence-electron chi connectivity index (χ0n) is 10.6. The zero-order valence-corrected chi connectivity index (χ0v) is 12.1. The van der Waals surface area contributed by atoms with Gasteiger partial charge in [0.05, 0.1) is 10.6 Å². The lowest BCUT2D eigenvalue weighted by molar-refractivity contribution is 0.458. The van der Waals surface area contributed by atoms with Crippen LogP contribution in [0.4, 0.5) is 5.82 Å². The van der Waals surface area contributed by atoms with Gasteiger partial charge < -0.3 is 10.1 Å². The van der Waals surface area contributed by atoms with Crippen LogP contribution >= 0.6 is 23.2 Å². The van der Waals surface area contributed by atoms with Gasteiger partial charge in [0, 0.05) is 6.54 Å². The van der Waals surface area contributed by atoms with Crippen LogP contribution in [-0.4, -0.2) is 16.5 Å². The second kappa shape index (κ2) is 6.08. The van der Waals surface area contributed by atoms with Crippen molar-refractivity contribution in [3.63, 3.8) is 0 Å². The smallest absolute Gasteiger partial charge is 0.227 e. The normalized spacial score (nSPS) is 10.3. The quantitative estimate of drug-likeness (QED) is 0.913. The van der Waals surface area contributed by atoms with Crippen molar-refractivity contribution in [2.75, 3.05) is 11.9 Å². The van der Waals surface area contributed by atoms with Gasteiger partial charge in [-0.2, -0.15) is 0 Å². The minimum absolute atomic E-state index is 0.368. The van der Waals surface area contributed by atoms with Crippen molar-refractivity contribution in [3.8, 4) is 11.6 Å². The number of anilines is 1. The molecule has 1 heterocycles. The molecule has 19 heavy (non-hydrogen) atoms. The van der Waals surface area contributed by atoms with Crippen LogP contribution in [0.5, 0.6) is 11.6 Å². The lowest BCUT2D eigenvalue weighted by atomic mass is 10.3. The Balaban J connectivity index is 2.33. The van der Waals surface area contributed by atoms with Gasteiger partial charge in [-0.25, -0.2) is 9.97 Å². The van der Waals surface area contributed by atoms with Crippen molar-refractivity contribution in [1.29, 1.82) is 0 Å². The summed E-state index contributed by atoms with van der Waals surface area (Å²) in [6.07, 6.45) is 1.44. The fourth-order valence-electron chi connectivity index (χ4n) is 1.55. The Bertz CT molecular complexity index is 590. The Morgan fingerprint density at radius 2 is 2.05 bits per heavy atom. The summed E-state index contributed by atoms with van der Waals surface area (Å²) in [5.41, 5.74) is 0.820. The van der Waals surface area contributed by atoms with E-state index < -0.39 is 0 Å². The highest BCUT2D eigenvalue weighted by molar-refractivity contribution is 6.42. The van der Waals surface area contributed by atoms with E-state index in [0.29, 0.717) is 21.7 Å². The number of nitrogens with zero attached hydrogens (tertiary/aromatic N) is 2. The number of aromatic nitrogens is 2. The molecule has 0 saturated carbocycles. The highest BCUT2D eigenvalue weighted by Gasteiger charge is 2.11. The van der Waals surface area contributed by atoms with Crippen molar-refractivity contribution in [2.45, 2.75) is 13.8 Å². The van der Waals surface area contributed by atoms with Crippen LogP contribution in [0.25, 0.3) is 0 Å². The monoisotopic (exact) mass is 297 g/mol. The van der Waals surface area contributed by atoms with Gasteiger partial charge in [0.1, 0.15) is 22.9 Å². The Morgan fingerprint density at radius 1 is 1.26 bits per heavy atom. The average Bonchev–Trinajstić information content (AvgIpc) is 2.40. The second-order valence-electron chi connectivity index (χ2n) is 3.84. The molecule has 0 aliphatic heterocycles. The molecule has 2 rings (SSSR count). The maximum absolute atomic E-state index is 6.08. The summed E-state index contributed by atoms with van der Waals surface area (Å²) < 4.78 is 5.70. The Labute approximate surface area is 121 Å². The molecule has 0 saturated heterocycles. The molecule has 0 unspecified atom stereocenters. The van der Waals surface area contributed by atoms with E-state index in [2.05, 4.69) is 15.3 Å². The number of benzene rings is 1. The molecule has 0 bridgehead atoms. The highest BCUT2D eigenvalue weighted by atomic mass is 35.5. The molecule has 0 aliphatic carbocycles. The van der Waals surface area contributed by atoms with Crippen LogP contribution in [0, 0.1) is 6.92 Å². The van der Waals surface area contributed by atoms with E-state index in [1.807, 2.05) is 13.8 Å². The molecule has 100 valence electrons. The molecule has 1 aromatic heterocycles. The minimum atomic E-state index is 0.368. The van der Waals surface area contributed by atoms with Gasteiger partial charge in [-0.3, -0.25) is 0 Å². The summed E-state index contributed by atoms with van der Waals surface area (Å²) in [4.78, 5) is 8.26. The van der Waals surface area contributed by atoms with Crippen molar-refractivity contribution in [1.82, 2.24) is 9.97 Å². The molecule has 0 aliphatic rings. The molecule has 0 atom stereocenters. The lowest BCUT2D eigenvalue weighted by Gasteiger charge is -2.12. The van der Waals surface area contributed by atoms with Gasteiger partial charge in [-0.05, 0) is 26.0 Å². The predicted molar refractivity (Wildman–Crippen MR) is 77.5 cm³/mol. The van der Waals surface area contributed by atoms with Gasteiger partial charge >= 0.3 is 0 Å². The summed E-state index contributed by atoms with van der Waals surface area (Å²) in [7, 11) is 0. The zero-order chi connectivity index (χ0) is 13.8. The first kappa shape index (κ1) is 13.9. The molecule has 1 N–H and O–H groups in total. The van der Waals surface area contributed by atoms with Gasteiger partial charge in [0.15, 0.2) is 0 Å². The van der Waals surface area contributed by atoms with E-state index in [1.54, 1.807) is 18.2 Å². The minimum Gasteiger partial charge on any atom is -0.437 e. The fraction of sp³-hybridized carbons (Fsp3) is 0.231. The molecule has 0 spiro atoms. The fourth-order valence-corrected chi connectivity index (χ4v) is 1.88. The standard InChI is InChI=1S/C13H13Cl2N3O/c1-3-16-12-8(2)13(18-7-17-12)19-10-6-4-5-9(14)11(10)15/h4-7H,3H2,1-2H3,(H,16,17,18). The number of rotatable bonds is 4. The van der Waals surface area contributed by atoms with E-state index in [-0.39, 0.29) is 0 Å². The van der Waals surface area contributed by atoms with Crippen LogP contribution < -0.4 is 10.1 Å². The summed E-state index contributed by atoms with van der Waals surface area (Å²) in [5, 5.41) is 3.95. The van der Waals surface area contributed by atoms with Gasteiger partial charge in [-0.1, -0.05) is 29.3 Å². The van der Waals surface area contributed by atoms with Crippen molar-refractivity contribution >= 4 is 29.0 Å². The SMILES string of the molecule is CCNc1ncnc(Oc2cccc(Cl)c2Cl)c1C. The Kier molecular flexibility index (Phi) is 4.45. The maximum Gasteiger partial charge on any atom is 0.227 e. The topological polar surface area (TPSA) is 47.0 Å². The molecular formula is C13H13Cl2N3O. The number of hydrogen-bond acceptors (Lipinski definition) is 4. The van der Waals surface area contributed by atoms with Gasteiger partial charge in [0.2, 0.25) is 5.88 Å². The summed E-state index contributed by atoms with van der Waals surface area (Å²) >= 11 is 12.0. The largest absolute Gasteiger partial charge is 0.437 e. The molecule has 0 fully saturated rings. The van der Waals surface area contributed by atoms with E-state index in [1.165, 1.54) is 6.33 Å². The first-order valence-electron chi connectivity index (χ1n) is 5.80. The average molecular weight is 298 g/mol. The van der Waals surface area contributed by atoms with Crippen LogP contribution in [0.15, 0.2) is 24.5 Å². The van der Waals surface area contributed by atoms with E-state index in [0.717, 1.165) is 17.9 Å². The van der Waals surface area contributed by atoms with Crippen LogP contribution in [-0.2, 0) is 0 Å². The van der Waals surface area contributed by atoms with E-state index in [4.69, 9.17) is 27.9 Å². The van der Waals surface area contributed by atoms with Crippen LogP contribution in [0.2, 0.25) is 10.0 Å². The van der Waals surface area contributed by atoms with E-state index >= 15 is 0 Å². The van der Waals surface area contributed by atoms with E-state index in [9.17, 15) is 0 Å². The Morgan fingerprint density at radius 3 is 2.79 bits per heavy atom. The molecule has 1 aromatic carbocycles. The molecular weight excluding hydrogens is 285 g/mol. The number of halogens is 2. The third-order valence-corrected chi connectivity index (χ3v) is 3.31. The Hall–Kier alpha value is -1.52.